The number of fused-ring (bicyclic) bond motifs is 1. The first kappa shape index (κ1) is 12.2. The molecule has 0 amide bonds. The third-order valence-corrected chi connectivity index (χ3v) is 3.53. The van der Waals surface area contributed by atoms with Gasteiger partial charge in [-0.1, -0.05) is 24.3 Å². The maximum atomic E-state index is 5.63. The SMILES string of the molecule is c1cncc(OCCN[C@@H]2CCc3ccccc32)c1. The van der Waals surface area contributed by atoms with E-state index in [2.05, 4.69) is 34.6 Å². The Morgan fingerprint density at radius 1 is 1.21 bits per heavy atom. The molecule has 98 valence electrons. The second-order valence-corrected chi connectivity index (χ2v) is 4.78. The van der Waals surface area contributed by atoms with E-state index in [-0.39, 0.29) is 0 Å². The molecule has 1 heterocycles. The Balaban J connectivity index is 1.47. The molecule has 1 N–H and O–H groups in total. The molecule has 3 rings (SSSR count). The molecule has 0 spiro atoms. The number of hydrogen-bond acceptors (Lipinski definition) is 3. The van der Waals surface area contributed by atoms with Crippen LogP contribution in [0.1, 0.15) is 23.6 Å². The topological polar surface area (TPSA) is 34.1 Å². The Morgan fingerprint density at radius 3 is 3.05 bits per heavy atom. The molecule has 1 aliphatic carbocycles. The van der Waals surface area contributed by atoms with Crippen LogP contribution in [0.15, 0.2) is 48.8 Å². The van der Waals surface area contributed by atoms with Gasteiger partial charge in [-0.25, -0.2) is 0 Å². The monoisotopic (exact) mass is 254 g/mol. The van der Waals surface area contributed by atoms with E-state index in [4.69, 9.17) is 4.74 Å². The molecule has 0 saturated carbocycles. The highest BCUT2D eigenvalue weighted by Crippen LogP contribution is 2.30. The van der Waals surface area contributed by atoms with Crippen molar-refractivity contribution in [3.8, 4) is 5.75 Å². The molecule has 1 aromatic heterocycles. The predicted molar refractivity (Wildman–Crippen MR) is 75.2 cm³/mol. The van der Waals surface area contributed by atoms with Crippen LogP contribution >= 0.6 is 0 Å². The van der Waals surface area contributed by atoms with Crippen LogP contribution in [0, 0.1) is 0 Å². The first-order valence-corrected chi connectivity index (χ1v) is 6.77. The Kier molecular flexibility index (Phi) is 3.75. The Morgan fingerprint density at radius 2 is 2.16 bits per heavy atom. The van der Waals surface area contributed by atoms with Crippen LogP contribution in [0.2, 0.25) is 0 Å². The number of rotatable bonds is 5. The van der Waals surface area contributed by atoms with Gasteiger partial charge in [0.15, 0.2) is 0 Å². The average Bonchev–Trinajstić information content (AvgIpc) is 2.88. The molecule has 0 unspecified atom stereocenters. The van der Waals surface area contributed by atoms with Crippen LogP contribution in [0.3, 0.4) is 0 Å². The molecule has 0 aliphatic heterocycles. The van der Waals surface area contributed by atoms with Crippen LogP contribution < -0.4 is 10.1 Å². The molecule has 0 fully saturated rings. The van der Waals surface area contributed by atoms with Crippen LogP contribution in [0.5, 0.6) is 5.75 Å². The summed E-state index contributed by atoms with van der Waals surface area (Å²) in [5.41, 5.74) is 2.93. The van der Waals surface area contributed by atoms with Crippen molar-refractivity contribution >= 4 is 0 Å². The lowest BCUT2D eigenvalue weighted by Crippen LogP contribution is -2.24. The number of benzene rings is 1. The number of aryl methyl sites for hydroxylation is 1. The molecule has 0 radical (unpaired) electrons. The van der Waals surface area contributed by atoms with Crippen LogP contribution in [-0.2, 0) is 6.42 Å². The van der Waals surface area contributed by atoms with Crippen molar-refractivity contribution in [2.75, 3.05) is 13.2 Å². The summed E-state index contributed by atoms with van der Waals surface area (Å²) in [6.07, 6.45) is 5.86. The van der Waals surface area contributed by atoms with Gasteiger partial charge >= 0.3 is 0 Å². The van der Waals surface area contributed by atoms with Crippen LogP contribution in [0.25, 0.3) is 0 Å². The lowest BCUT2D eigenvalue weighted by atomic mass is 10.1. The van der Waals surface area contributed by atoms with E-state index in [1.54, 1.807) is 12.4 Å². The van der Waals surface area contributed by atoms with Crippen molar-refractivity contribution in [2.45, 2.75) is 18.9 Å². The minimum Gasteiger partial charge on any atom is -0.491 e. The first-order valence-electron chi connectivity index (χ1n) is 6.77. The van der Waals surface area contributed by atoms with Crippen molar-refractivity contribution in [3.05, 3.63) is 59.9 Å². The summed E-state index contributed by atoms with van der Waals surface area (Å²) >= 11 is 0. The van der Waals surface area contributed by atoms with Gasteiger partial charge in [0.1, 0.15) is 12.4 Å². The molecule has 2 aromatic rings. The fourth-order valence-electron chi connectivity index (χ4n) is 2.60. The van der Waals surface area contributed by atoms with E-state index >= 15 is 0 Å². The summed E-state index contributed by atoms with van der Waals surface area (Å²) in [7, 11) is 0. The van der Waals surface area contributed by atoms with Gasteiger partial charge in [0.2, 0.25) is 0 Å². The second kappa shape index (κ2) is 5.85. The number of nitrogens with zero attached hydrogens (tertiary/aromatic N) is 1. The quantitative estimate of drug-likeness (QED) is 0.833. The predicted octanol–water partition coefficient (Wildman–Crippen LogP) is 2.74. The lowest BCUT2D eigenvalue weighted by molar-refractivity contribution is 0.304. The molecule has 1 atom stereocenters. The molecular formula is C16H18N2O. The largest absolute Gasteiger partial charge is 0.491 e. The van der Waals surface area contributed by atoms with Gasteiger partial charge in [0.05, 0.1) is 6.20 Å². The van der Waals surface area contributed by atoms with E-state index in [9.17, 15) is 0 Å². The number of pyridine rings is 1. The third kappa shape index (κ3) is 2.93. The zero-order valence-corrected chi connectivity index (χ0v) is 10.9. The van der Waals surface area contributed by atoms with Crippen molar-refractivity contribution in [2.24, 2.45) is 0 Å². The van der Waals surface area contributed by atoms with Crippen LogP contribution in [-0.4, -0.2) is 18.1 Å². The van der Waals surface area contributed by atoms with Gasteiger partial charge in [0.25, 0.3) is 0 Å². The lowest BCUT2D eigenvalue weighted by Gasteiger charge is -2.14. The molecule has 3 heteroatoms. The highest BCUT2D eigenvalue weighted by Gasteiger charge is 2.20. The molecule has 0 bridgehead atoms. The normalized spacial score (nSPS) is 17.2. The Hall–Kier alpha value is -1.87. The van der Waals surface area contributed by atoms with Crippen molar-refractivity contribution in [1.29, 1.82) is 0 Å². The fraction of sp³-hybridized carbons (Fsp3) is 0.312. The summed E-state index contributed by atoms with van der Waals surface area (Å²) < 4.78 is 5.63. The van der Waals surface area contributed by atoms with Gasteiger partial charge in [-0.05, 0) is 36.1 Å². The maximum absolute atomic E-state index is 5.63. The summed E-state index contributed by atoms with van der Waals surface area (Å²) in [4.78, 5) is 4.03. The van der Waals surface area contributed by atoms with Gasteiger partial charge in [-0.2, -0.15) is 0 Å². The molecule has 1 aromatic carbocycles. The molecule has 1 aliphatic rings. The number of aromatic nitrogens is 1. The maximum Gasteiger partial charge on any atom is 0.137 e. The minimum absolute atomic E-state index is 0.480. The van der Waals surface area contributed by atoms with Gasteiger partial charge in [-0.15, -0.1) is 0 Å². The fourth-order valence-corrected chi connectivity index (χ4v) is 2.60. The average molecular weight is 254 g/mol. The molecule has 3 nitrogen and oxygen atoms in total. The standard InChI is InChI=1S/C16H18N2O/c1-2-6-15-13(4-1)7-8-16(15)18-10-11-19-14-5-3-9-17-12-14/h1-6,9,12,16,18H,7-8,10-11H2/t16-/m1/s1. The van der Waals surface area contributed by atoms with Gasteiger partial charge in [0, 0.05) is 18.8 Å². The second-order valence-electron chi connectivity index (χ2n) is 4.78. The zero-order valence-electron chi connectivity index (χ0n) is 10.9. The summed E-state index contributed by atoms with van der Waals surface area (Å²) in [5, 5.41) is 3.56. The minimum atomic E-state index is 0.480. The number of nitrogens with one attached hydrogen (secondary N) is 1. The Bertz CT molecular complexity index is 527. The number of hydrogen-bond donors (Lipinski definition) is 1. The van der Waals surface area contributed by atoms with E-state index in [0.29, 0.717) is 12.6 Å². The van der Waals surface area contributed by atoms with Crippen molar-refractivity contribution in [3.63, 3.8) is 0 Å². The smallest absolute Gasteiger partial charge is 0.137 e. The van der Waals surface area contributed by atoms with E-state index < -0.39 is 0 Å². The summed E-state index contributed by atoms with van der Waals surface area (Å²) in [6, 6.07) is 13.0. The van der Waals surface area contributed by atoms with Gasteiger partial charge in [-0.3, -0.25) is 4.98 Å². The third-order valence-electron chi connectivity index (χ3n) is 3.53. The van der Waals surface area contributed by atoms with Crippen LogP contribution in [0.4, 0.5) is 0 Å². The van der Waals surface area contributed by atoms with Crippen molar-refractivity contribution < 1.29 is 4.74 Å². The summed E-state index contributed by atoms with van der Waals surface area (Å²) in [5.74, 6) is 0.830. The van der Waals surface area contributed by atoms with Gasteiger partial charge < -0.3 is 10.1 Å². The van der Waals surface area contributed by atoms with E-state index in [1.165, 1.54) is 24.0 Å². The Labute approximate surface area is 113 Å². The molecule has 19 heavy (non-hydrogen) atoms. The molecular weight excluding hydrogens is 236 g/mol. The van der Waals surface area contributed by atoms with Crippen molar-refractivity contribution in [1.82, 2.24) is 10.3 Å². The highest BCUT2D eigenvalue weighted by atomic mass is 16.5. The van der Waals surface area contributed by atoms with E-state index in [1.807, 2.05) is 12.1 Å². The van der Waals surface area contributed by atoms with E-state index in [0.717, 1.165) is 12.3 Å². The summed E-state index contributed by atoms with van der Waals surface area (Å²) in [6.45, 7) is 1.53. The molecule has 0 saturated heterocycles. The zero-order chi connectivity index (χ0) is 12.9. The number of ether oxygens (including phenoxy) is 1. The first-order chi connectivity index (χ1) is 9.43. The highest BCUT2D eigenvalue weighted by molar-refractivity contribution is 5.34.